The number of nitrogens with zero attached hydrogens (tertiary/aromatic N) is 3. The van der Waals surface area contributed by atoms with E-state index in [1.807, 2.05) is 7.05 Å². The summed E-state index contributed by atoms with van der Waals surface area (Å²) < 4.78 is 0. The highest BCUT2D eigenvalue weighted by atomic mass is 32.1. The molecule has 136 valence electrons. The Balaban J connectivity index is 1.70. The molecule has 0 radical (unpaired) electrons. The van der Waals surface area contributed by atoms with Crippen molar-refractivity contribution < 1.29 is 0 Å². The lowest BCUT2D eigenvalue weighted by Gasteiger charge is -2.35. The van der Waals surface area contributed by atoms with Crippen LogP contribution in [0.5, 0.6) is 0 Å². The lowest BCUT2D eigenvalue weighted by atomic mass is 9.97. The predicted molar refractivity (Wildman–Crippen MR) is 104 cm³/mol. The molecule has 24 heavy (non-hydrogen) atoms. The summed E-state index contributed by atoms with van der Waals surface area (Å²) in [5, 5.41) is 8.11. The van der Waals surface area contributed by atoms with Crippen LogP contribution in [0, 0.1) is 19.8 Å². The molecule has 0 aliphatic carbocycles. The molecule has 1 aliphatic heterocycles. The Morgan fingerprint density at radius 3 is 2.79 bits per heavy atom. The molecule has 5 nitrogen and oxygen atoms in total. The third kappa shape index (κ3) is 5.74. The first kappa shape index (κ1) is 19.2. The lowest BCUT2D eigenvalue weighted by Crippen LogP contribution is -2.46. The minimum absolute atomic E-state index is 0.649. The molecule has 1 unspecified atom stereocenters. The second kappa shape index (κ2) is 9.37. The second-order valence-corrected chi connectivity index (χ2v) is 8.26. The topological polar surface area (TPSA) is 52.6 Å². The van der Waals surface area contributed by atoms with E-state index in [1.54, 1.807) is 11.3 Å². The van der Waals surface area contributed by atoms with Crippen molar-refractivity contribution in [2.24, 2.45) is 10.9 Å². The number of aliphatic imine (C=N–C) groups is 1. The van der Waals surface area contributed by atoms with E-state index in [0.29, 0.717) is 12.0 Å². The fourth-order valence-electron chi connectivity index (χ4n) is 3.13. The van der Waals surface area contributed by atoms with Gasteiger partial charge in [-0.25, -0.2) is 4.98 Å². The Morgan fingerprint density at radius 2 is 2.17 bits per heavy atom. The second-order valence-electron chi connectivity index (χ2n) is 6.98. The zero-order chi connectivity index (χ0) is 17.5. The summed E-state index contributed by atoms with van der Waals surface area (Å²) in [6, 6.07) is 0.649. The average molecular weight is 352 g/mol. The minimum atomic E-state index is 0.649. The van der Waals surface area contributed by atoms with Crippen LogP contribution < -0.4 is 10.6 Å². The molecular formula is C18H33N5S. The van der Waals surface area contributed by atoms with E-state index < -0.39 is 0 Å². The molecule has 0 spiro atoms. The van der Waals surface area contributed by atoms with Crippen LogP contribution in [0.4, 0.5) is 0 Å². The lowest BCUT2D eigenvalue weighted by molar-refractivity contribution is 0.141. The molecule has 1 atom stereocenters. The number of nitrogens with one attached hydrogen (secondary N) is 2. The van der Waals surface area contributed by atoms with Crippen LogP contribution >= 0.6 is 11.3 Å². The van der Waals surface area contributed by atoms with E-state index in [2.05, 4.69) is 53.2 Å². The van der Waals surface area contributed by atoms with Gasteiger partial charge in [-0.15, -0.1) is 11.3 Å². The van der Waals surface area contributed by atoms with Crippen molar-refractivity contribution >= 4 is 17.3 Å². The number of likely N-dealkylation sites (tertiary alicyclic amines) is 1. The number of hydrogen-bond acceptors (Lipinski definition) is 4. The predicted octanol–water partition coefficient (Wildman–Crippen LogP) is 2.59. The largest absolute Gasteiger partial charge is 0.356 e. The van der Waals surface area contributed by atoms with Crippen LogP contribution in [0.15, 0.2) is 4.99 Å². The molecular weight excluding hydrogens is 318 g/mol. The standard InChI is InChI=1S/C18H33N5S/c1-13(2)23-10-6-7-16(12-23)11-21-18(19-5)20-9-8-17-22-14(3)15(4)24-17/h13,16H,6-12H2,1-5H3,(H2,19,20,21). The van der Waals surface area contributed by atoms with Crippen molar-refractivity contribution in [1.82, 2.24) is 20.5 Å². The maximum absolute atomic E-state index is 4.59. The van der Waals surface area contributed by atoms with Crippen LogP contribution in [-0.2, 0) is 6.42 Å². The molecule has 0 bridgehead atoms. The SMILES string of the molecule is CN=C(NCCc1nc(C)c(C)s1)NCC1CCCN(C(C)C)C1. The quantitative estimate of drug-likeness (QED) is 0.611. The molecule has 0 aromatic carbocycles. The van der Waals surface area contributed by atoms with Gasteiger partial charge in [0, 0.05) is 44.0 Å². The van der Waals surface area contributed by atoms with Crippen molar-refractivity contribution in [2.45, 2.75) is 53.0 Å². The Bertz CT molecular complexity index is 518. The van der Waals surface area contributed by atoms with Crippen molar-refractivity contribution in [3.8, 4) is 0 Å². The van der Waals surface area contributed by atoms with Crippen molar-refractivity contribution in [1.29, 1.82) is 0 Å². The zero-order valence-corrected chi connectivity index (χ0v) is 16.7. The van der Waals surface area contributed by atoms with Gasteiger partial charge in [-0.3, -0.25) is 4.99 Å². The summed E-state index contributed by atoms with van der Waals surface area (Å²) in [7, 11) is 1.84. The number of thiazole rings is 1. The molecule has 0 saturated carbocycles. The number of aromatic nitrogens is 1. The monoisotopic (exact) mass is 351 g/mol. The highest BCUT2D eigenvalue weighted by Crippen LogP contribution is 2.18. The van der Waals surface area contributed by atoms with Crippen LogP contribution in [0.3, 0.4) is 0 Å². The summed E-state index contributed by atoms with van der Waals surface area (Å²) in [6.07, 6.45) is 3.56. The van der Waals surface area contributed by atoms with Gasteiger partial charge < -0.3 is 15.5 Å². The molecule has 1 saturated heterocycles. The summed E-state index contributed by atoms with van der Waals surface area (Å²) >= 11 is 1.80. The Morgan fingerprint density at radius 1 is 1.38 bits per heavy atom. The third-order valence-corrected chi connectivity index (χ3v) is 5.90. The molecule has 2 heterocycles. The van der Waals surface area contributed by atoms with Gasteiger partial charge in [0.25, 0.3) is 0 Å². The number of guanidine groups is 1. The Kier molecular flexibility index (Phi) is 7.49. The summed E-state index contributed by atoms with van der Waals surface area (Å²) in [5.74, 6) is 1.62. The summed E-state index contributed by atoms with van der Waals surface area (Å²) in [4.78, 5) is 12.8. The molecule has 1 aliphatic rings. The van der Waals surface area contributed by atoms with Crippen molar-refractivity contribution in [2.75, 3.05) is 33.2 Å². The van der Waals surface area contributed by atoms with E-state index in [0.717, 1.165) is 31.2 Å². The van der Waals surface area contributed by atoms with Crippen LogP contribution in [0.2, 0.25) is 0 Å². The van der Waals surface area contributed by atoms with Crippen LogP contribution in [0.1, 0.15) is 42.3 Å². The van der Waals surface area contributed by atoms with Crippen LogP contribution in [0.25, 0.3) is 0 Å². The highest BCUT2D eigenvalue weighted by molar-refractivity contribution is 7.11. The smallest absolute Gasteiger partial charge is 0.191 e. The number of rotatable bonds is 6. The average Bonchev–Trinajstić information content (AvgIpc) is 2.89. The Hall–Kier alpha value is -1.14. The third-order valence-electron chi connectivity index (χ3n) is 4.77. The van der Waals surface area contributed by atoms with E-state index in [-0.39, 0.29) is 0 Å². The highest BCUT2D eigenvalue weighted by Gasteiger charge is 2.21. The van der Waals surface area contributed by atoms with Gasteiger partial charge in [0.15, 0.2) is 5.96 Å². The van der Waals surface area contributed by atoms with Gasteiger partial charge >= 0.3 is 0 Å². The first-order valence-corrected chi connectivity index (χ1v) is 9.92. The Labute approximate surface area is 151 Å². The fourth-order valence-corrected chi connectivity index (χ4v) is 4.06. The molecule has 1 aromatic heterocycles. The van der Waals surface area contributed by atoms with Crippen LogP contribution in [-0.4, -0.2) is 55.1 Å². The number of hydrogen-bond donors (Lipinski definition) is 2. The van der Waals surface area contributed by atoms with Gasteiger partial charge in [0.05, 0.1) is 10.7 Å². The normalized spacial score (nSPS) is 19.8. The molecule has 0 amide bonds. The van der Waals surface area contributed by atoms with E-state index in [4.69, 9.17) is 0 Å². The zero-order valence-electron chi connectivity index (χ0n) is 15.9. The van der Waals surface area contributed by atoms with E-state index in [9.17, 15) is 0 Å². The molecule has 6 heteroatoms. The molecule has 2 N–H and O–H groups in total. The first-order valence-electron chi connectivity index (χ1n) is 9.11. The number of aryl methyl sites for hydroxylation is 2. The summed E-state index contributed by atoms with van der Waals surface area (Å²) in [6.45, 7) is 13.1. The maximum atomic E-state index is 4.59. The summed E-state index contributed by atoms with van der Waals surface area (Å²) in [5.41, 5.74) is 1.16. The van der Waals surface area contributed by atoms with Gasteiger partial charge in [0.2, 0.25) is 0 Å². The number of piperidine rings is 1. The molecule has 1 aromatic rings. The van der Waals surface area contributed by atoms with Gasteiger partial charge in [0.1, 0.15) is 0 Å². The maximum Gasteiger partial charge on any atom is 0.191 e. The minimum Gasteiger partial charge on any atom is -0.356 e. The van der Waals surface area contributed by atoms with E-state index >= 15 is 0 Å². The van der Waals surface area contributed by atoms with Gasteiger partial charge in [-0.05, 0) is 53.0 Å². The van der Waals surface area contributed by atoms with Crippen molar-refractivity contribution in [3.05, 3.63) is 15.6 Å². The fraction of sp³-hybridized carbons (Fsp3) is 0.778. The van der Waals surface area contributed by atoms with Gasteiger partial charge in [-0.1, -0.05) is 0 Å². The van der Waals surface area contributed by atoms with E-state index in [1.165, 1.54) is 35.8 Å². The van der Waals surface area contributed by atoms with Crippen molar-refractivity contribution in [3.63, 3.8) is 0 Å². The molecule has 2 rings (SSSR count). The molecule has 1 fully saturated rings. The van der Waals surface area contributed by atoms with Gasteiger partial charge in [-0.2, -0.15) is 0 Å². The first-order chi connectivity index (χ1) is 11.5.